The van der Waals surface area contributed by atoms with Crippen LogP contribution in [0.4, 0.5) is 10.5 Å². The zero-order chi connectivity index (χ0) is 17.1. The van der Waals surface area contributed by atoms with E-state index in [1.165, 1.54) is 31.4 Å². The van der Waals surface area contributed by atoms with E-state index in [0.717, 1.165) is 6.26 Å². The van der Waals surface area contributed by atoms with E-state index in [1.54, 1.807) is 20.8 Å². The first kappa shape index (κ1) is 18.0. The van der Waals surface area contributed by atoms with Crippen LogP contribution >= 0.6 is 0 Å². The maximum atomic E-state index is 12.2. The monoisotopic (exact) mass is 329 g/mol. The highest BCUT2D eigenvalue weighted by molar-refractivity contribution is 7.92. The summed E-state index contributed by atoms with van der Waals surface area (Å²) in [6.45, 7) is 4.86. The number of anilines is 1. The second-order valence-corrected chi connectivity index (χ2v) is 7.38. The average Bonchev–Trinajstić information content (AvgIpc) is 2.34. The van der Waals surface area contributed by atoms with Gasteiger partial charge < -0.3 is 9.47 Å². The molecule has 7 nitrogen and oxygen atoms in total. The number of hydrogen-bond donors (Lipinski definition) is 0. The van der Waals surface area contributed by atoms with Gasteiger partial charge >= 0.3 is 12.1 Å². The van der Waals surface area contributed by atoms with Crippen LogP contribution in [0.1, 0.15) is 31.1 Å². The third-order valence-electron chi connectivity index (χ3n) is 2.39. The number of rotatable bonds is 3. The van der Waals surface area contributed by atoms with Crippen LogP contribution in [0.3, 0.4) is 0 Å². The van der Waals surface area contributed by atoms with Gasteiger partial charge in [-0.3, -0.25) is 0 Å². The Labute approximate surface area is 129 Å². The second-order valence-electron chi connectivity index (χ2n) is 5.55. The van der Waals surface area contributed by atoms with Gasteiger partial charge in [0.25, 0.3) is 0 Å². The van der Waals surface area contributed by atoms with Crippen molar-refractivity contribution in [1.82, 2.24) is 0 Å². The highest BCUT2D eigenvalue weighted by atomic mass is 32.2. The molecule has 0 radical (unpaired) electrons. The van der Waals surface area contributed by atoms with E-state index in [-0.39, 0.29) is 11.3 Å². The van der Waals surface area contributed by atoms with Gasteiger partial charge in [-0.1, -0.05) is 6.07 Å². The molecule has 0 bridgehead atoms. The molecule has 1 amide bonds. The Morgan fingerprint density at radius 2 is 1.77 bits per heavy atom. The molecular formula is C14H19NO6S. The first-order valence-electron chi connectivity index (χ1n) is 6.37. The fourth-order valence-electron chi connectivity index (χ4n) is 1.61. The van der Waals surface area contributed by atoms with Crippen molar-refractivity contribution in [2.24, 2.45) is 0 Å². The van der Waals surface area contributed by atoms with E-state index >= 15 is 0 Å². The summed E-state index contributed by atoms with van der Waals surface area (Å²) in [5.74, 6) is -0.639. The normalized spacial score (nSPS) is 11.7. The summed E-state index contributed by atoms with van der Waals surface area (Å²) >= 11 is 0. The van der Waals surface area contributed by atoms with Crippen molar-refractivity contribution in [1.29, 1.82) is 0 Å². The van der Waals surface area contributed by atoms with E-state index in [9.17, 15) is 18.0 Å². The Balaban J connectivity index is 3.30. The third-order valence-corrected chi connectivity index (χ3v) is 3.42. The lowest BCUT2D eigenvalue weighted by Crippen LogP contribution is -2.40. The van der Waals surface area contributed by atoms with Crippen molar-refractivity contribution in [2.75, 3.05) is 17.7 Å². The topological polar surface area (TPSA) is 90.0 Å². The fourth-order valence-corrected chi connectivity index (χ4v) is 2.42. The molecule has 0 aromatic heterocycles. The number of carbonyl (C=O) groups is 2. The maximum Gasteiger partial charge on any atom is 0.428 e. The predicted octanol–water partition coefficient (Wildman–Crippen LogP) is 2.17. The number of carbonyl (C=O) groups excluding carboxylic acids is 2. The molecule has 22 heavy (non-hydrogen) atoms. The van der Waals surface area contributed by atoms with Crippen molar-refractivity contribution in [3.05, 3.63) is 29.8 Å². The number of methoxy groups -OCH3 is 1. The standard InChI is InChI=1S/C14H19NO6S/c1-14(2,3)21-13(17)15(22(5,18)19)11-8-6-7-10(9-11)12(16)20-4/h6-9H,1-5H3. The zero-order valence-corrected chi connectivity index (χ0v) is 13.9. The Bertz CT molecular complexity index is 675. The van der Waals surface area contributed by atoms with Crippen molar-refractivity contribution in [3.8, 4) is 0 Å². The van der Waals surface area contributed by atoms with Crippen LogP contribution in [0.2, 0.25) is 0 Å². The molecule has 1 rings (SSSR count). The van der Waals surface area contributed by atoms with Gasteiger partial charge in [-0.05, 0) is 39.0 Å². The van der Waals surface area contributed by atoms with Crippen LogP contribution in [-0.2, 0) is 19.5 Å². The largest absolute Gasteiger partial charge is 0.465 e. The summed E-state index contributed by atoms with van der Waals surface area (Å²) in [4.78, 5) is 23.7. The fraction of sp³-hybridized carbons (Fsp3) is 0.429. The van der Waals surface area contributed by atoms with E-state index in [1.807, 2.05) is 0 Å². The quantitative estimate of drug-likeness (QED) is 0.790. The molecule has 122 valence electrons. The minimum Gasteiger partial charge on any atom is -0.465 e. The Morgan fingerprint density at radius 3 is 2.23 bits per heavy atom. The summed E-state index contributed by atoms with van der Waals surface area (Å²) in [7, 11) is -2.73. The minimum atomic E-state index is -3.93. The summed E-state index contributed by atoms with van der Waals surface area (Å²) in [6.07, 6.45) is -0.168. The number of esters is 1. The van der Waals surface area contributed by atoms with Crippen molar-refractivity contribution >= 4 is 27.8 Å². The number of sulfonamides is 1. The highest BCUT2D eigenvalue weighted by Gasteiger charge is 2.30. The Kier molecular flexibility index (Phi) is 5.18. The minimum absolute atomic E-state index is 0.000324. The van der Waals surface area contributed by atoms with Crippen LogP contribution in [0.25, 0.3) is 0 Å². The highest BCUT2D eigenvalue weighted by Crippen LogP contribution is 2.22. The number of nitrogens with zero attached hydrogens (tertiary/aromatic N) is 1. The predicted molar refractivity (Wildman–Crippen MR) is 81.3 cm³/mol. The maximum absolute atomic E-state index is 12.2. The van der Waals surface area contributed by atoms with Gasteiger partial charge in [-0.25, -0.2) is 18.0 Å². The SMILES string of the molecule is COC(=O)c1cccc(N(C(=O)OC(C)(C)C)S(C)(=O)=O)c1. The Morgan fingerprint density at radius 1 is 1.18 bits per heavy atom. The number of benzene rings is 1. The molecule has 0 fully saturated rings. The van der Waals surface area contributed by atoms with Crippen molar-refractivity contribution in [3.63, 3.8) is 0 Å². The molecule has 0 aliphatic rings. The number of ether oxygens (including phenoxy) is 2. The van der Waals surface area contributed by atoms with Gasteiger partial charge in [-0.2, -0.15) is 4.31 Å². The molecule has 0 heterocycles. The van der Waals surface area contributed by atoms with Gasteiger partial charge in [0.2, 0.25) is 10.0 Å². The molecule has 0 spiro atoms. The van der Waals surface area contributed by atoms with Gasteiger partial charge in [0.1, 0.15) is 5.60 Å². The first-order chi connectivity index (χ1) is 9.95. The summed E-state index contributed by atoms with van der Waals surface area (Å²) in [6, 6.07) is 5.53. The molecule has 0 unspecified atom stereocenters. The zero-order valence-electron chi connectivity index (χ0n) is 13.1. The second kappa shape index (κ2) is 6.35. The van der Waals surface area contributed by atoms with E-state index in [2.05, 4.69) is 4.74 Å². The number of hydrogen-bond acceptors (Lipinski definition) is 6. The lowest BCUT2D eigenvalue weighted by Gasteiger charge is -2.26. The lowest BCUT2D eigenvalue weighted by atomic mass is 10.2. The third kappa shape index (κ3) is 4.73. The molecule has 0 atom stereocenters. The van der Waals surface area contributed by atoms with Crippen LogP contribution < -0.4 is 4.31 Å². The lowest BCUT2D eigenvalue weighted by molar-refractivity contribution is 0.0590. The van der Waals surface area contributed by atoms with Crippen molar-refractivity contribution < 1.29 is 27.5 Å². The smallest absolute Gasteiger partial charge is 0.428 e. The summed E-state index contributed by atoms with van der Waals surface area (Å²) < 4.78 is 34.0. The van der Waals surface area contributed by atoms with Crippen LogP contribution in [-0.4, -0.2) is 39.4 Å². The van der Waals surface area contributed by atoms with Crippen LogP contribution in [0, 0.1) is 0 Å². The molecule has 0 saturated heterocycles. The van der Waals surface area contributed by atoms with E-state index < -0.39 is 27.7 Å². The molecular weight excluding hydrogens is 310 g/mol. The van der Waals surface area contributed by atoms with Gasteiger partial charge in [0, 0.05) is 0 Å². The van der Waals surface area contributed by atoms with Gasteiger partial charge in [0.05, 0.1) is 24.6 Å². The van der Waals surface area contributed by atoms with Crippen LogP contribution in [0.15, 0.2) is 24.3 Å². The van der Waals surface area contributed by atoms with E-state index in [4.69, 9.17) is 4.74 Å². The number of amides is 1. The van der Waals surface area contributed by atoms with Crippen molar-refractivity contribution in [2.45, 2.75) is 26.4 Å². The molecule has 0 N–H and O–H groups in total. The first-order valence-corrected chi connectivity index (χ1v) is 8.22. The summed E-state index contributed by atoms with van der Waals surface area (Å²) in [5.41, 5.74) is -0.739. The van der Waals surface area contributed by atoms with Crippen LogP contribution in [0.5, 0.6) is 0 Å². The Hall–Kier alpha value is -2.09. The molecule has 0 saturated carbocycles. The molecule has 1 aromatic rings. The van der Waals surface area contributed by atoms with Gasteiger partial charge in [0.15, 0.2) is 0 Å². The van der Waals surface area contributed by atoms with E-state index in [0.29, 0.717) is 4.31 Å². The molecule has 0 aliphatic carbocycles. The van der Waals surface area contributed by atoms with Gasteiger partial charge in [-0.15, -0.1) is 0 Å². The molecule has 0 aliphatic heterocycles. The molecule has 1 aromatic carbocycles. The molecule has 8 heteroatoms. The summed E-state index contributed by atoms with van der Waals surface area (Å²) in [5, 5.41) is 0. The average molecular weight is 329 g/mol.